The third-order valence-corrected chi connectivity index (χ3v) is 11.1. The second-order valence-electron chi connectivity index (χ2n) is 12.4. The van der Waals surface area contributed by atoms with Gasteiger partial charge >= 0.3 is 17.9 Å². The summed E-state index contributed by atoms with van der Waals surface area (Å²) in [7, 11) is 0. The van der Waals surface area contributed by atoms with Crippen LogP contribution in [0.1, 0.15) is 38.8 Å². The summed E-state index contributed by atoms with van der Waals surface area (Å²) >= 11 is 2.00. The van der Waals surface area contributed by atoms with E-state index in [2.05, 4.69) is 16.0 Å². The van der Waals surface area contributed by atoms with E-state index in [0.29, 0.717) is 11.1 Å². The second kappa shape index (κ2) is 14.4. The predicted molar refractivity (Wildman–Crippen MR) is 176 cm³/mol. The van der Waals surface area contributed by atoms with Crippen molar-refractivity contribution < 1.29 is 44.1 Å². The summed E-state index contributed by atoms with van der Waals surface area (Å²) in [6.07, 6.45) is -0.290. The zero-order valence-corrected chi connectivity index (χ0v) is 27.8. The lowest BCUT2D eigenvalue weighted by molar-refractivity contribution is -0.155. The smallest absolute Gasteiger partial charge is 0.329 e. The number of thioether (sulfide) groups is 2. The Morgan fingerprint density at radius 3 is 1.66 bits per heavy atom. The summed E-state index contributed by atoms with van der Waals surface area (Å²) < 4.78 is -2.18. The van der Waals surface area contributed by atoms with Crippen LogP contribution in [0.3, 0.4) is 0 Å². The summed E-state index contributed by atoms with van der Waals surface area (Å²) in [5.41, 5.74) is 1.25. The second-order valence-corrected chi connectivity index (χ2v) is 16.0. The van der Waals surface area contributed by atoms with Crippen molar-refractivity contribution in [1.29, 1.82) is 0 Å². The Morgan fingerprint density at radius 1 is 0.745 bits per heavy atom. The van der Waals surface area contributed by atoms with Crippen LogP contribution in [0.4, 0.5) is 0 Å². The Kier molecular flexibility index (Phi) is 10.9. The quantitative estimate of drug-likeness (QED) is 0.188. The van der Waals surface area contributed by atoms with Gasteiger partial charge in [0.2, 0.25) is 17.7 Å². The molecule has 252 valence electrons. The highest BCUT2D eigenvalue weighted by atomic mass is 32.2. The van der Waals surface area contributed by atoms with Crippen molar-refractivity contribution in [3.05, 3.63) is 71.8 Å². The monoisotopic (exact) mass is 686 g/mol. The van der Waals surface area contributed by atoms with Crippen LogP contribution in [0.5, 0.6) is 0 Å². The summed E-state index contributed by atoms with van der Waals surface area (Å²) in [4.78, 5) is 79.5. The minimum absolute atomic E-state index is 0.132. The Morgan fingerprint density at radius 2 is 1.23 bits per heavy atom. The van der Waals surface area contributed by atoms with Crippen LogP contribution in [-0.4, -0.2) is 100 Å². The van der Waals surface area contributed by atoms with Gasteiger partial charge in [-0.15, -0.1) is 23.5 Å². The highest BCUT2D eigenvalue weighted by Crippen LogP contribution is 2.47. The number of hydrogen-bond donors (Lipinski definition) is 6. The molecule has 0 radical (unpaired) electrons. The predicted octanol–water partition coefficient (Wildman–Crippen LogP) is 1.55. The molecule has 3 amide bonds. The van der Waals surface area contributed by atoms with E-state index in [9.17, 15) is 44.1 Å². The Balaban J connectivity index is 1.72. The molecule has 15 heteroatoms. The van der Waals surface area contributed by atoms with E-state index in [-0.39, 0.29) is 12.8 Å². The van der Waals surface area contributed by atoms with Crippen LogP contribution in [0.2, 0.25) is 0 Å². The molecule has 2 aromatic rings. The first-order valence-corrected chi connectivity index (χ1v) is 16.6. The molecular weight excluding hydrogens is 649 g/mol. The van der Waals surface area contributed by atoms with Crippen molar-refractivity contribution in [2.75, 3.05) is 0 Å². The molecule has 2 heterocycles. The minimum Gasteiger partial charge on any atom is -0.480 e. The van der Waals surface area contributed by atoms with Crippen LogP contribution >= 0.6 is 23.5 Å². The number of amides is 3. The molecule has 2 fully saturated rings. The highest BCUT2D eigenvalue weighted by Gasteiger charge is 2.59. The first-order valence-electron chi connectivity index (χ1n) is 14.8. The molecule has 0 bridgehead atoms. The van der Waals surface area contributed by atoms with Gasteiger partial charge in [0.15, 0.2) is 6.04 Å². The fourth-order valence-corrected chi connectivity index (χ4v) is 8.94. The van der Waals surface area contributed by atoms with Gasteiger partial charge in [-0.2, -0.15) is 0 Å². The summed E-state index contributed by atoms with van der Waals surface area (Å²) in [6, 6.07) is 11.4. The van der Waals surface area contributed by atoms with Crippen LogP contribution in [0, 0.1) is 0 Å². The number of carboxylic acids is 3. The first-order chi connectivity index (χ1) is 22.0. The Bertz CT molecular complexity index is 1520. The fraction of sp³-hybridized carbons (Fsp3) is 0.438. The van der Waals surface area contributed by atoms with Gasteiger partial charge in [-0.05, 0) is 38.8 Å². The number of nitrogens with zero attached hydrogens (tertiary/aromatic N) is 1. The van der Waals surface area contributed by atoms with Crippen LogP contribution in [0.15, 0.2) is 60.7 Å². The summed E-state index contributed by atoms with van der Waals surface area (Å²) in [5.74, 6) is -6.26. The normalized spacial score (nSPS) is 24.1. The van der Waals surface area contributed by atoms with Gasteiger partial charge in [0.1, 0.15) is 23.5 Å². The highest BCUT2D eigenvalue weighted by molar-refractivity contribution is 8.02. The number of rotatable bonds is 12. The molecule has 0 aliphatic carbocycles. The summed E-state index contributed by atoms with van der Waals surface area (Å²) in [5, 5.41) is 36.2. The van der Waals surface area contributed by atoms with E-state index in [0.717, 1.165) is 28.4 Å². The molecule has 2 aromatic carbocycles. The van der Waals surface area contributed by atoms with Gasteiger partial charge in [-0.1, -0.05) is 60.7 Å². The largest absolute Gasteiger partial charge is 0.480 e. The molecule has 0 saturated carbocycles. The number of aliphatic carboxylic acids is 3. The van der Waals surface area contributed by atoms with E-state index >= 15 is 0 Å². The molecule has 6 atom stereocenters. The molecule has 6 N–H and O–H groups in total. The summed E-state index contributed by atoms with van der Waals surface area (Å²) in [6.45, 7) is 6.43. The molecule has 4 unspecified atom stereocenters. The number of carbonyl (C=O) groups excluding carboxylic acids is 3. The van der Waals surface area contributed by atoms with Crippen LogP contribution in [0.25, 0.3) is 0 Å². The Hall–Kier alpha value is -4.08. The molecule has 47 heavy (non-hydrogen) atoms. The number of benzene rings is 2. The molecule has 13 nitrogen and oxygen atoms in total. The van der Waals surface area contributed by atoms with Crippen LogP contribution in [-0.2, 0) is 41.6 Å². The van der Waals surface area contributed by atoms with Gasteiger partial charge in [0.05, 0.1) is 18.2 Å². The van der Waals surface area contributed by atoms with E-state index in [1.807, 2.05) is 0 Å². The SMILES string of the molecule is CC1(C)SC(C(NC(=O)Cc2ccccc2)C(=O)O)N(C(=O)C(NC(=O)Cc2ccccc2)C2N[C@@H](C(=O)O)C(C)(C)S2)[C@H]1C(=O)O. The van der Waals surface area contributed by atoms with Crippen molar-refractivity contribution >= 4 is 59.2 Å². The third-order valence-electron chi connectivity index (χ3n) is 8.00. The molecule has 0 spiro atoms. The van der Waals surface area contributed by atoms with Crippen molar-refractivity contribution in [3.63, 3.8) is 0 Å². The van der Waals surface area contributed by atoms with Crippen molar-refractivity contribution in [2.45, 2.75) is 84.9 Å². The molecule has 2 aliphatic rings. The van der Waals surface area contributed by atoms with E-state index in [1.165, 1.54) is 0 Å². The van der Waals surface area contributed by atoms with Gasteiger partial charge in [-0.3, -0.25) is 24.5 Å². The van der Waals surface area contributed by atoms with E-state index in [4.69, 9.17) is 0 Å². The number of carboxylic acid groups (broad SMARTS) is 3. The topological polar surface area (TPSA) is 202 Å². The fourth-order valence-electron chi connectivity index (χ4n) is 5.83. The van der Waals surface area contributed by atoms with Gasteiger partial charge in [-0.25, -0.2) is 9.59 Å². The van der Waals surface area contributed by atoms with Gasteiger partial charge in [0, 0.05) is 9.49 Å². The Labute approximate surface area is 280 Å². The number of carbonyl (C=O) groups is 6. The molecule has 2 saturated heterocycles. The molecule has 2 aliphatic heterocycles. The lowest BCUT2D eigenvalue weighted by Crippen LogP contribution is -2.64. The third kappa shape index (κ3) is 8.26. The van der Waals surface area contributed by atoms with E-state index in [1.54, 1.807) is 88.4 Å². The lowest BCUT2D eigenvalue weighted by atomic mass is 9.99. The lowest BCUT2D eigenvalue weighted by Gasteiger charge is -2.36. The minimum atomic E-state index is -1.73. The molecule has 4 rings (SSSR count). The van der Waals surface area contributed by atoms with Crippen molar-refractivity contribution in [1.82, 2.24) is 20.9 Å². The van der Waals surface area contributed by atoms with Gasteiger partial charge in [0.25, 0.3) is 0 Å². The standard InChI is InChI=1S/C32H38N4O9S2/c1-31(2)23(29(42)43)35-25(46-31)21(33-19(37)15-17-11-7-5-8-12-17)26(39)36-24(30(44)45)32(3,4)47-27(36)22(28(40)41)34-20(38)16-18-13-9-6-10-14-18/h5-14,21-25,27,35H,15-16H2,1-4H3,(H,33,37)(H,34,38)(H,40,41)(H,42,43)(H,44,45)/t21?,22?,23-,24-,25?,27?/m0/s1. The van der Waals surface area contributed by atoms with Crippen LogP contribution < -0.4 is 16.0 Å². The maximum atomic E-state index is 14.7. The van der Waals surface area contributed by atoms with Gasteiger partial charge < -0.3 is 30.9 Å². The average molecular weight is 687 g/mol. The zero-order valence-electron chi connectivity index (χ0n) is 26.2. The van der Waals surface area contributed by atoms with E-state index < -0.39 is 80.0 Å². The first kappa shape index (κ1) is 35.8. The molecule has 0 aromatic heterocycles. The molecular formula is C32H38N4O9S2. The number of nitrogens with one attached hydrogen (secondary N) is 3. The van der Waals surface area contributed by atoms with Crippen molar-refractivity contribution in [2.24, 2.45) is 0 Å². The maximum absolute atomic E-state index is 14.7. The maximum Gasteiger partial charge on any atom is 0.329 e. The zero-order chi connectivity index (χ0) is 34.7. The van der Waals surface area contributed by atoms with Crippen molar-refractivity contribution in [3.8, 4) is 0 Å². The average Bonchev–Trinajstić information content (AvgIpc) is 3.46. The number of hydrogen-bond acceptors (Lipinski definition) is 9.